The van der Waals surface area contributed by atoms with Gasteiger partial charge < -0.3 is 20.1 Å². The average molecular weight is 362 g/mol. The third-order valence-corrected chi connectivity index (χ3v) is 8.65. The molecule has 6 rings (SSSR count). The first-order valence-corrected chi connectivity index (χ1v) is 9.56. The Morgan fingerprint density at radius 1 is 1.15 bits per heavy atom. The van der Waals surface area contributed by atoms with E-state index in [-0.39, 0.29) is 23.4 Å². The lowest BCUT2D eigenvalue weighted by molar-refractivity contribution is -0.437. The Morgan fingerprint density at radius 2 is 1.85 bits per heavy atom. The van der Waals surface area contributed by atoms with Crippen molar-refractivity contribution in [3.8, 4) is 0 Å². The van der Waals surface area contributed by atoms with Crippen molar-refractivity contribution >= 4 is 11.6 Å². The molecule has 1 unspecified atom stereocenters. The fraction of sp³-hybridized carbons (Fsp3) is 0.800. The highest BCUT2D eigenvalue weighted by Crippen LogP contribution is 2.75. The number of carbonyl (C=O) groups excluding carboxylic acids is 2. The lowest BCUT2D eigenvalue weighted by Crippen LogP contribution is -2.85. The van der Waals surface area contributed by atoms with Crippen LogP contribution in [0, 0.1) is 34.0 Å². The zero-order valence-electron chi connectivity index (χ0n) is 15.2. The zero-order chi connectivity index (χ0) is 18.9. The fourth-order valence-corrected chi connectivity index (χ4v) is 7.63. The zero-order valence-corrected chi connectivity index (χ0v) is 15.2. The molecule has 2 saturated heterocycles. The molecule has 0 aromatic carbocycles. The van der Waals surface area contributed by atoms with Crippen LogP contribution in [0.1, 0.15) is 39.5 Å². The minimum atomic E-state index is -2.19. The molecular weight excluding hydrogens is 336 g/mol. The number of carbonyl (C=O) groups is 2. The second-order valence-electron chi connectivity index (χ2n) is 9.76. The summed E-state index contributed by atoms with van der Waals surface area (Å²) in [4.78, 5) is 26.6. The van der Waals surface area contributed by atoms with Gasteiger partial charge in [0.1, 0.15) is 17.3 Å². The summed E-state index contributed by atoms with van der Waals surface area (Å²) in [6, 6.07) is 0. The predicted molar refractivity (Wildman–Crippen MR) is 89.7 cm³/mol. The number of Topliss-reactive ketones (excluding diaryl/α,β-unsaturated/α-hetero) is 2. The Hall–Kier alpha value is -1.08. The Labute approximate surface area is 152 Å². The molecule has 2 spiro atoms. The highest BCUT2D eigenvalue weighted by molar-refractivity contribution is 6.06. The molecule has 26 heavy (non-hydrogen) atoms. The van der Waals surface area contributed by atoms with E-state index < -0.39 is 52.4 Å². The highest BCUT2D eigenvalue weighted by atomic mass is 16.6. The van der Waals surface area contributed by atoms with Gasteiger partial charge in [0.25, 0.3) is 0 Å². The maximum Gasteiger partial charge on any atom is 0.208 e. The van der Waals surface area contributed by atoms with E-state index in [9.17, 15) is 24.9 Å². The van der Waals surface area contributed by atoms with Crippen LogP contribution in [0.15, 0.2) is 12.2 Å². The summed E-state index contributed by atoms with van der Waals surface area (Å²) in [7, 11) is 0. The Morgan fingerprint density at radius 3 is 2.54 bits per heavy atom. The van der Waals surface area contributed by atoms with Gasteiger partial charge in [-0.15, -0.1) is 0 Å². The van der Waals surface area contributed by atoms with Gasteiger partial charge in [0.05, 0.1) is 18.1 Å². The van der Waals surface area contributed by atoms with Crippen LogP contribution in [-0.2, 0) is 14.3 Å². The molecule has 0 radical (unpaired) electrons. The first kappa shape index (κ1) is 17.0. The standard InChI is InChI=1S/C20H26O6/c1-9-10-4-5-11-18-8-26-20(25,19(11,14(9)22)15(10)23)16(24)13(18)17(2,3)7-6-12(18)21/h10-11,13,15-16,23-25H,1,4-8H2,2-3H3/t10-,11-,13+,15+,16-,18+,19-,20?/m0/s1. The van der Waals surface area contributed by atoms with Crippen LogP contribution in [0.25, 0.3) is 0 Å². The van der Waals surface area contributed by atoms with Crippen LogP contribution in [0.5, 0.6) is 0 Å². The van der Waals surface area contributed by atoms with Crippen molar-refractivity contribution in [3.05, 3.63) is 12.2 Å². The summed E-state index contributed by atoms with van der Waals surface area (Å²) >= 11 is 0. The van der Waals surface area contributed by atoms with E-state index in [1.165, 1.54) is 0 Å². The summed E-state index contributed by atoms with van der Waals surface area (Å²) < 4.78 is 5.74. The number of ether oxygens (including phenoxy) is 1. The minimum Gasteiger partial charge on any atom is -0.391 e. The van der Waals surface area contributed by atoms with E-state index in [1.807, 2.05) is 13.8 Å². The molecule has 6 fully saturated rings. The van der Waals surface area contributed by atoms with Gasteiger partial charge in [0.15, 0.2) is 5.78 Å². The number of fused-ring (bicyclic) bond motifs is 2. The molecule has 6 aliphatic rings. The molecular formula is C20H26O6. The number of hydrogen-bond donors (Lipinski definition) is 3. The second kappa shape index (κ2) is 4.49. The van der Waals surface area contributed by atoms with Crippen molar-refractivity contribution < 1.29 is 29.6 Å². The molecule has 6 nitrogen and oxygen atoms in total. The number of hydrogen-bond acceptors (Lipinski definition) is 6. The molecule has 4 bridgehead atoms. The van der Waals surface area contributed by atoms with Crippen LogP contribution < -0.4 is 0 Å². The summed E-state index contributed by atoms with van der Waals surface area (Å²) in [6.45, 7) is 7.86. The van der Waals surface area contributed by atoms with E-state index >= 15 is 0 Å². The minimum absolute atomic E-state index is 0.00293. The van der Waals surface area contributed by atoms with Gasteiger partial charge in [-0.1, -0.05) is 20.4 Å². The molecule has 2 aliphatic heterocycles. The molecule has 0 aromatic heterocycles. The summed E-state index contributed by atoms with van der Waals surface area (Å²) in [5.74, 6) is -4.12. The summed E-state index contributed by atoms with van der Waals surface area (Å²) in [6.07, 6.45) is -0.502. The summed E-state index contributed by atoms with van der Waals surface area (Å²) in [5, 5.41) is 33.9. The number of ketones is 2. The van der Waals surface area contributed by atoms with Crippen molar-refractivity contribution in [3.63, 3.8) is 0 Å². The monoisotopic (exact) mass is 362 g/mol. The lowest BCUT2D eigenvalue weighted by atomic mass is 9.36. The van der Waals surface area contributed by atoms with Crippen molar-refractivity contribution in [2.75, 3.05) is 6.61 Å². The lowest BCUT2D eigenvalue weighted by Gasteiger charge is -2.72. The predicted octanol–water partition coefficient (Wildman–Crippen LogP) is 0.584. The molecule has 3 N–H and O–H groups in total. The Bertz CT molecular complexity index is 757. The molecule has 0 aromatic rings. The Kier molecular flexibility index (Phi) is 2.94. The third kappa shape index (κ3) is 1.36. The molecule has 8 atom stereocenters. The van der Waals surface area contributed by atoms with E-state index in [0.717, 1.165) is 0 Å². The second-order valence-corrected chi connectivity index (χ2v) is 9.76. The Balaban J connectivity index is 1.83. The maximum atomic E-state index is 13.3. The SMILES string of the molecule is C=C1C(=O)[C@]23[C@H](O)[C@H]1CC[C@H]2[C@@]12COC3(O)[C@@H](O)[C@@H]1C(C)(C)CCC2=O. The number of rotatable bonds is 0. The normalized spacial score (nSPS) is 57.1. The van der Waals surface area contributed by atoms with Crippen molar-refractivity contribution in [2.24, 2.45) is 34.0 Å². The van der Waals surface area contributed by atoms with E-state index in [0.29, 0.717) is 25.7 Å². The van der Waals surface area contributed by atoms with Gasteiger partial charge in [0.2, 0.25) is 5.79 Å². The quantitative estimate of drug-likeness (QED) is 0.545. The fourth-order valence-electron chi connectivity index (χ4n) is 7.63. The molecule has 4 saturated carbocycles. The van der Waals surface area contributed by atoms with Gasteiger partial charge in [0, 0.05) is 18.3 Å². The van der Waals surface area contributed by atoms with Crippen LogP contribution in [0.4, 0.5) is 0 Å². The topological polar surface area (TPSA) is 104 Å². The van der Waals surface area contributed by atoms with E-state index in [1.54, 1.807) is 0 Å². The van der Waals surface area contributed by atoms with Crippen molar-refractivity contribution in [1.82, 2.24) is 0 Å². The number of aliphatic hydroxyl groups is 3. The maximum absolute atomic E-state index is 13.3. The van der Waals surface area contributed by atoms with Crippen molar-refractivity contribution in [1.29, 1.82) is 0 Å². The third-order valence-electron chi connectivity index (χ3n) is 8.65. The molecule has 6 heteroatoms. The van der Waals surface area contributed by atoms with E-state index in [2.05, 4.69) is 6.58 Å². The largest absolute Gasteiger partial charge is 0.391 e. The van der Waals surface area contributed by atoms with Gasteiger partial charge >= 0.3 is 0 Å². The van der Waals surface area contributed by atoms with Gasteiger partial charge in [-0.3, -0.25) is 9.59 Å². The van der Waals surface area contributed by atoms with Gasteiger partial charge in [-0.05, 0) is 36.2 Å². The summed E-state index contributed by atoms with van der Waals surface area (Å²) in [5.41, 5.74) is -2.83. The van der Waals surface area contributed by atoms with Crippen LogP contribution in [0.2, 0.25) is 0 Å². The van der Waals surface area contributed by atoms with Crippen LogP contribution in [0.3, 0.4) is 0 Å². The highest BCUT2D eigenvalue weighted by Gasteiger charge is 2.87. The molecule has 142 valence electrons. The molecule has 0 amide bonds. The average Bonchev–Trinajstić information content (AvgIpc) is 2.69. The van der Waals surface area contributed by atoms with Crippen molar-refractivity contribution in [2.45, 2.75) is 57.5 Å². The number of aliphatic hydroxyl groups excluding tert-OH is 2. The smallest absolute Gasteiger partial charge is 0.208 e. The van der Waals surface area contributed by atoms with Crippen LogP contribution in [-0.4, -0.2) is 51.5 Å². The first-order valence-electron chi connectivity index (χ1n) is 9.56. The molecule has 4 aliphatic carbocycles. The van der Waals surface area contributed by atoms with E-state index in [4.69, 9.17) is 4.74 Å². The van der Waals surface area contributed by atoms with Gasteiger partial charge in [-0.2, -0.15) is 0 Å². The molecule has 2 heterocycles. The first-order chi connectivity index (χ1) is 12.1. The van der Waals surface area contributed by atoms with Crippen LogP contribution >= 0.6 is 0 Å². The van der Waals surface area contributed by atoms with Gasteiger partial charge in [-0.25, -0.2) is 0 Å².